The summed E-state index contributed by atoms with van der Waals surface area (Å²) >= 11 is 0. The van der Waals surface area contributed by atoms with Crippen molar-refractivity contribution in [3.8, 4) is 5.75 Å². The monoisotopic (exact) mass is 483 g/mol. The van der Waals surface area contributed by atoms with Gasteiger partial charge in [-0.2, -0.15) is 0 Å². The van der Waals surface area contributed by atoms with E-state index in [0.717, 1.165) is 10.9 Å². The fourth-order valence-corrected chi connectivity index (χ4v) is 3.79. The lowest BCUT2D eigenvalue weighted by atomic mass is 10.0. The standard InChI is InChI=1S/C28H25N3O5/c1-36-26(33)18-31(22-8-3-2-4-9-22)28(35)25(15-19-11-13-23(32)14-12-19)30-27(34)21-16-20-7-5-6-10-24(20)29-17-21/h2-14,16-17,25,32H,15,18H2,1H3,(H,30,34)/t25-/m1/s1. The highest BCUT2D eigenvalue weighted by Gasteiger charge is 2.29. The minimum absolute atomic E-state index is 0.0875. The molecule has 8 nitrogen and oxygen atoms in total. The zero-order valence-electron chi connectivity index (χ0n) is 19.6. The third-order valence-electron chi connectivity index (χ3n) is 5.68. The normalized spacial score (nSPS) is 11.5. The van der Waals surface area contributed by atoms with Gasteiger partial charge < -0.3 is 15.2 Å². The van der Waals surface area contributed by atoms with Gasteiger partial charge in [0.25, 0.3) is 5.91 Å². The van der Waals surface area contributed by atoms with Crippen molar-refractivity contribution in [3.63, 3.8) is 0 Å². The van der Waals surface area contributed by atoms with Crippen LogP contribution in [0.5, 0.6) is 5.75 Å². The van der Waals surface area contributed by atoms with Gasteiger partial charge in [-0.15, -0.1) is 0 Å². The number of fused-ring (bicyclic) bond motifs is 1. The molecule has 0 radical (unpaired) electrons. The number of phenols is 1. The topological polar surface area (TPSA) is 109 Å². The van der Waals surface area contributed by atoms with Gasteiger partial charge in [-0.1, -0.05) is 48.5 Å². The Bertz CT molecular complexity index is 1370. The largest absolute Gasteiger partial charge is 0.508 e. The molecule has 0 aliphatic rings. The summed E-state index contributed by atoms with van der Waals surface area (Å²) < 4.78 is 4.80. The van der Waals surface area contributed by atoms with E-state index in [2.05, 4.69) is 10.3 Å². The molecule has 1 aromatic heterocycles. The number of aromatic hydroxyl groups is 1. The van der Waals surface area contributed by atoms with Crippen molar-refractivity contribution >= 4 is 34.4 Å². The highest BCUT2D eigenvalue weighted by molar-refractivity contribution is 6.05. The van der Waals surface area contributed by atoms with Crippen molar-refractivity contribution in [1.29, 1.82) is 0 Å². The number of nitrogens with zero attached hydrogens (tertiary/aromatic N) is 2. The quantitative estimate of drug-likeness (QED) is 0.372. The lowest BCUT2D eigenvalue weighted by Crippen LogP contribution is -2.51. The van der Waals surface area contributed by atoms with E-state index < -0.39 is 23.8 Å². The number of para-hydroxylation sites is 2. The van der Waals surface area contributed by atoms with Crippen LogP contribution in [0.3, 0.4) is 0 Å². The van der Waals surface area contributed by atoms with Gasteiger partial charge in [0, 0.05) is 23.7 Å². The first kappa shape index (κ1) is 24.4. The highest BCUT2D eigenvalue weighted by Crippen LogP contribution is 2.19. The van der Waals surface area contributed by atoms with Gasteiger partial charge in [0.1, 0.15) is 18.3 Å². The Hall–Kier alpha value is -4.72. The van der Waals surface area contributed by atoms with E-state index in [1.165, 1.54) is 30.3 Å². The highest BCUT2D eigenvalue weighted by atomic mass is 16.5. The summed E-state index contributed by atoms with van der Waals surface area (Å²) in [4.78, 5) is 44.8. The fourth-order valence-electron chi connectivity index (χ4n) is 3.79. The number of rotatable bonds is 8. The summed E-state index contributed by atoms with van der Waals surface area (Å²) in [7, 11) is 1.25. The Balaban J connectivity index is 1.66. The van der Waals surface area contributed by atoms with Crippen molar-refractivity contribution in [3.05, 3.63) is 102 Å². The molecule has 0 fully saturated rings. The second-order valence-electron chi connectivity index (χ2n) is 8.15. The first-order valence-corrected chi connectivity index (χ1v) is 11.3. The van der Waals surface area contributed by atoms with E-state index >= 15 is 0 Å². The third-order valence-corrected chi connectivity index (χ3v) is 5.68. The Morgan fingerprint density at radius 2 is 1.67 bits per heavy atom. The molecule has 0 spiro atoms. The molecule has 182 valence electrons. The van der Waals surface area contributed by atoms with Crippen LogP contribution >= 0.6 is 0 Å². The number of esters is 1. The number of hydrogen-bond acceptors (Lipinski definition) is 6. The minimum atomic E-state index is -1.02. The number of amides is 2. The molecule has 4 rings (SSSR count). The second-order valence-corrected chi connectivity index (χ2v) is 8.15. The molecule has 0 saturated heterocycles. The van der Waals surface area contributed by atoms with Gasteiger partial charge in [0.15, 0.2) is 0 Å². The molecule has 36 heavy (non-hydrogen) atoms. The second kappa shape index (κ2) is 11.1. The molecule has 1 heterocycles. The number of benzene rings is 3. The molecule has 3 aromatic carbocycles. The van der Waals surface area contributed by atoms with E-state index in [1.807, 2.05) is 24.3 Å². The number of carbonyl (C=O) groups is 3. The third kappa shape index (κ3) is 5.85. The van der Waals surface area contributed by atoms with Crippen LogP contribution in [0.4, 0.5) is 5.69 Å². The lowest BCUT2D eigenvalue weighted by Gasteiger charge is -2.27. The maximum atomic E-state index is 13.8. The molecule has 2 N–H and O–H groups in total. The van der Waals surface area contributed by atoms with E-state index in [1.54, 1.807) is 48.5 Å². The number of phenolic OH excluding ortho intramolecular Hbond substituents is 1. The number of aromatic nitrogens is 1. The number of anilines is 1. The average molecular weight is 484 g/mol. The van der Waals surface area contributed by atoms with Crippen LogP contribution in [0, 0.1) is 0 Å². The Labute approximate surface area is 208 Å². The molecule has 0 aliphatic carbocycles. The Morgan fingerprint density at radius 3 is 2.39 bits per heavy atom. The summed E-state index contributed by atoms with van der Waals surface area (Å²) in [6, 6.07) is 23.2. The van der Waals surface area contributed by atoms with Crippen LogP contribution in [-0.4, -0.2) is 47.6 Å². The van der Waals surface area contributed by atoms with Gasteiger partial charge in [-0.25, -0.2) is 0 Å². The van der Waals surface area contributed by atoms with Crippen molar-refractivity contribution < 1.29 is 24.2 Å². The molecular weight excluding hydrogens is 458 g/mol. The lowest BCUT2D eigenvalue weighted by molar-refractivity contribution is -0.140. The van der Waals surface area contributed by atoms with Crippen LogP contribution in [0.15, 0.2) is 91.1 Å². The number of carbonyl (C=O) groups excluding carboxylic acids is 3. The maximum absolute atomic E-state index is 13.8. The number of hydrogen-bond donors (Lipinski definition) is 2. The van der Waals surface area contributed by atoms with Crippen LogP contribution in [0.1, 0.15) is 15.9 Å². The van der Waals surface area contributed by atoms with Crippen LogP contribution in [0.25, 0.3) is 10.9 Å². The molecule has 0 aliphatic heterocycles. The first-order valence-electron chi connectivity index (χ1n) is 11.3. The zero-order chi connectivity index (χ0) is 25.5. The predicted octanol–water partition coefficient (Wildman–Crippen LogP) is 3.49. The first-order chi connectivity index (χ1) is 17.4. The summed E-state index contributed by atoms with van der Waals surface area (Å²) in [5.74, 6) is -1.47. The Kier molecular flexibility index (Phi) is 7.55. The molecule has 0 bridgehead atoms. The molecule has 1 atom stereocenters. The number of methoxy groups -OCH3 is 1. The summed E-state index contributed by atoms with van der Waals surface area (Å²) in [5.41, 5.74) is 2.26. The molecule has 0 saturated carbocycles. The molecule has 4 aromatic rings. The van der Waals surface area contributed by atoms with Crippen LogP contribution in [0.2, 0.25) is 0 Å². The van der Waals surface area contributed by atoms with Gasteiger partial charge in [0.2, 0.25) is 5.91 Å². The van der Waals surface area contributed by atoms with E-state index in [9.17, 15) is 19.5 Å². The molecular formula is C28H25N3O5. The minimum Gasteiger partial charge on any atom is -0.508 e. The van der Waals surface area contributed by atoms with Crippen molar-refractivity contribution in [2.75, 3.05) is 18.6 Å². The van der Waals surface area contributed by atoms with Crippen molar-refractivity contribution in [1.82, 2.24) is 10.3 Å². The number of pyridine rings is 1. The van der Waals surface area contributed by atoms with Crippen LogP contribution in [-0.2, 0) is 20.7 Å². The van der Waals surface area contributed by atoms with Gasteiger partial charge in [-0.05, 0) is 42.0 Å². The molecule has 8 heteroatoms. The summed E-state index contributed by atoms with van der Waals surface area (Å²) in [5, 5.41) is 13.3. The zero-order valence-corrected chi connectivity index (χ0v) is 19.6. The van der Waals surface area contributed by atoms with Gasteiger partial charge >= 0.3 is 5.97 Å². The predicted molar refractivity (Wildman–Crippen MR) is 136 cm³/mol. The van der Waals surface area contributed by atoms with E-state index in [4.69, 9.17) is 4.74 Å². The smallest absolute Gasteiger partial charge is 0.325 e. The molecule has 0 unspecified atom stereocenters. The van der Waals surface area contributed by atoms with E-state index in [0.29, 0.717) is 16.8 Å². The Morgan fingerprint density at radius 1 is 0.972 bits per heavy atom. The van der Waals surface area contributed by atoms with Crippen molar-refractivity contribution in [2.45, 2.75) is 12.5 Å². The maximum Gasteiger partial charge on any atom is 0.325 e. The van der Waals surface area contributed by atoms with Gasteiger partial charge in [-0.3, -0.25) is 24.3 Å². The van der Waals surface area contributed by atoms with E-state index in [-0.39, 0.29) is 18.7 Å². The van der Waals surface area contributed by atoms with Crippen LogP contribution < -0.4 is 10.2 Å². The number of nitrogens with one attached hydrogen (secondary N) is 1. The number of ether oxygens (including phenoxy) is 1. The summed E-state index contributed by atoms with van der Waals surface area (Å²) in [6.45, 7) is -0.321. The fraction of sp³-hybridized carbons (Fsp3) is 0.143. The van der Waals surface area contributed by atoms with Gasteiger partial charge in [0.05, 0.1) is 18.2 Å². The van der Waals surface area contributed by atoms with Crippen molar-refractivity contribution in [2.24, 2.45) is 0 Å². The SMILES string of the molecule is COC(=O)CN(C(=O)[C@@H](Cc1ccc(O)cc1)NC(=O)c1cnc2ccccc2c1)c1ccccc1. The summed E-state index contributed by atoms with van der Waals surface area (Å²) in [6.07, 6.45) is 1.60. The molecule has 2 amide bonds. The average Bonchev–Trinajstić information content (AvgIpc) is 2.92.